The molecule has 1 aliphatic rings. The number of nitrogens with one attached hydrogen (secondary N) is 3. The molecule has 1 saturated heterocycles. The van der Waals surface area contributed by atoms with Gasteiger partial charge < -0.3 is 14.6 Å². The van der Waals surface area contributed by atoms with Crippen LogP contribution >= 0.6 is 0 Å². The zero-order chi connectivity index (χ0) is 10.7. The lowest BCUT2D eigenvalue weighted by Crippen LogP contribution is -3.13. The van der Waals surface area contributed by atoms with Crippen molar-refractivity contribution in [2.75, 3.05) is 26.3 Å². The van der Waals surface area contributed by atoms with Crippen LogP contribution in [0.25, 0.3) is 0 Å². The number of quaternary nitrogens is 1. The van der Waals surface area contributed by atoms with Crippen molar-refractivity contribution in [2.24, 2.45) is 0 Å². The fraction of sp³-hybridized carbons (Fsp3) is 0.556. The quantitative estimate of drug-likeness (QED) is 0.506. The van der Waals surface area contributed by atoms with Crippen molar-refractivity contribution in [3.05, 3.63) is 32.6 Å². The van der Waals surface area contributed by atoms with Gasteiger partial charge in [0.25, 0.3) is 5.56 Å². The van der Waals surface area contributed by atoms with Gasteiger partial charge in [0, 0.05) is 6.20 Å². The molecule has 0 aliphatic carbocycles. The van der Waals surface area contributed by atoms with Gasteiger partial charge in [0.15, 0.2) is 0 Å². The molecular formula is C9H14N3O3+. The van der Waals surface area contributed by atoms with Gasteiger partial charge in [-0.25, -0.2) is 4.79 Å². The Hall–Kier alpha value is -1.40. The van der Waals surface area contributed by atoms with E-state index in [1.807, 2.05) is 0 Å². The first kappa shape index (κ1) is 10.1. The smallest absolute Gasteiger partial charge is 0.325 e. The fourth-order valence-corrected chi connectivity index (χ4v) is 1.68. The number of hydrogen-bond donors (Lipinski definition) is 3. The van der Waals surface area contributed by atoms with Crippen LogP contribution in [0, 0.1) is 0 Å². The first-order valence-electron chi connectivity index (χ1n) is 4.98. The van der Waals surface area contributed by atoms with Gasteiger partial charge >= 0.3 is 5.69 Å². The van der Waals surface area contributed by atoms with Crippen molar-refractivity contribution in [2.45, 2.75) is 6.54 Å². The Balaban J connectivity index is 2.09. The standard InChI is InChI=1S/C9H13N3O3/c13-8-7(5-10-9(14)11-8)6-12-1-3-15-4-2-12/h5H,1-4,6H2,(H2,10,11,13,14)/p+1. The van der Waals surface area contributed by atoms with Crippen LogP contribution in [-0.2, 0) is 11.3 Å². The Morgan fingerprint density at radius 1 is 1.33 bits per heavy atom. The molecule has 1 aromatic rings. The predicted molar refractivity (Wildman–Crippen MR) is 52.9 cm³/mol. The fourth-order valence-electron chi connectivity index (χ4n) is 1.68. The second-order valence-corrected chi connectivity index (χ2v) is 3.64. The number of rotatable bonds is 2. The summed E-state index contributed by atoms with van der Waals surface area (Å²) in [4.78, 5) is 28.2. The van der Waals surface area contributed by atoms with E-state index in [0.29, 0.717) is 12.1 Å². The van der Waals surface area contributed by atoms with E-state index in [-0.39, 0.29) is 5.56 Å². The van der Waals surface area contributed by atoms with Gasteiger partial charge in [-0.2, -0.15) is 0 Å². The minimum Gasteiger partial charge on any atom is -0.370 e. The average Bonchev–Trinajstić information content (AvgIpc) is 2.24. The van der Waals surface area contributed by atoms with Crippen molar-refractivity contribution >= 4 is 0 Å². The summed E-state index contributed by atoms with van der Waals surface area (Å²) in [7, 11) is 0. The Labute approximate surface area is 85.9 Å². The molecule has 6 nitrogen and oxygen atoms in total. The molecule has 1 aliphatic heterocycles. The van der Waals surface area contributed by atoms with Gasteiger partial charge in [0.2, 0.25) is 0 Å². The maximum Gasteiger partial charge on any atom is 0.325 e. The van der Waals surface area contributed by atoms with Crippen LogP contribution in [0.15, 0.2) is 15.8 Å². The normalized spacial score (nSPS) is 17.9. The van der Waals surface area contributed by atoms with Crippen LogP contribution in [0.2, 0.25) is 0 Å². The average molecular weight is 212 g/mol. The van der Waals surface area contributed by atoms with E-state index in [0.717, 1.165) is 26.3 Å². The summed E-state index contributed by atoms with van der Waals surface area (Å²) < 4.78 is 5.22. The Bertz CT molecular complexity index is 431. The molecule has 0 bridgehead atoms. The second-order valence-electron chi connectivity index (χ2n) is 3.64. The summed E-state index contributed by atoms with van der Waals surface area (Å²) in [5.74, 6) is 0. The summed E-state index contributed by atoms with van der Waals surface area (Å²) in [5, 5.41) is 0. The molecule has 6 heteroatoms. The van der Waals surface area contributed by atoms with Crippen LogP contribution in [-0.4, -0.2) is 36.3 Å². The molecular weight excluding hydrogens is 198 g/mol. The van der Waals surface area contributed by atoms with E-state index >= 15 is 0 Å². The first-order valence-corrected chi connectivity index (χ1v) is 4.98. The minimum atomic E-state index is -0.458. The molecule has 2 heterocycles. The molecule has 3 N–H and O–H groups in total. The van der Waals surface area contributed by atoms with Crippen molar-refractivity contribution in [1.29, 1.82) is 0 Å². The molecule has 0 unspecified atom stereocenters. The van der Waals surface area contributed by atoms with Crippen LogP contribution in [0.4, 0.5) is 0 Å². The molecule has 2 rings (SSSR count). The Kier molecular flexibility index (Phi) is 2.98. The highest BCUT2D eigenvalue weighted by Gasteiger charge is 2.15. The van der Waals surface area contributed by atoms with Crippen molar-refractivity contribution in [1.82, 2.24) is 9.97 Å². The second kappa shape index (κ2) is 4.41. The molecule has 0 saturated carbocycles. The van der Waals surface area contributed by atoms with Gasteiger partial charge in [-0.1, -0.05) is 0 Å². The van der Waals surface area contributed by atoms with Crippen LogP contribution in [0.5, 0.6) is 0 Å². The van der Waals surface area contributed by atoms with Gasteiger partial charge in [0.05, 0.1) is 18.8 Å². The van der Waals surface area contributed by atoms with Crippen LogP contribution < -0.4 is 16.1 Å². The molecule has 1 fully saturated rings. The largest absolute Gasteiger partial charge is 0.370 e. The van der Waals surface area contributed by atoms with E-state index < -0.39 is 5.69 Å². The first-order chi connectivity index (χ1) is 7.25. The van der Waals surface area contributed by atoms with Crippen LogP contribution in [0.3, 0.4) is 0 Å². The lowest BCUT2D eigenvalue weighted by Gasteiger charge is -2.23. The zero-order valence-corrected chi connectivity index (χ0v) is 8.34. The highest BCUT2D eigenvalue weighted by atomic mass is 16.5. The third-order valence-corrected chi connectivity index (χ3v) is 2.54. The summed E-state index contributed by atoms with van der Waals surface area (Å²) in [6, 6.07) is 0. The summed E-state index contributed by atoms with van der Waals surface area (Å²) in [6.07, 6.45) is 1.49. The summed E-state index contributed by atoms with van der Waals surface area (Å²) in [6.45, 7) is 3.90. The molecule has 82 valence electrons. The Morgan fingerprint density at radius 3 is 2.73 bits per heavy atom. The van der Waals surface area contributed by atoms with E-state index in [1.165, 1.54) is 11.1 Å². The topological polar surface area (TPSA) is 79.4 Å². The lowest BCUT2D eigenvalue weighted by molar-refractivity contribution is -0.921. The number of hydrogen-bond acceptors (Lipinski definition) is 3. The SMILES string of the molecule is O=c1[nH]cc(C[NH+]2CCOCC2)c(=O)[nH]1. The van der Waals surface area contributed by atoms with E-state index in [4.69, 9.17) is 4.74 Å². The van der Waals surface area contributed by atoms with Crippen molar-refractivity contribution in [3.8, 4) is 0 Å². The van der Waals surface area contributed by atoms with E-state index in [1.54, 1.807) is 0 Å². The number of H-pyrrole nitrogens is 2. The van der Waals surface area contributed by atoms with Crippen molar-refractivity contribution in [3.63, 3.8) is 0 Å². The van der Waals surface area contributed by atoms with Gasteiger partial charge in [-0.15, -0.1) is 0 Å². The molecule has 0 spiro atoms. The summed E-state index contributed by atoms with van der Waals surface area (Å²) in [5.41, 5.74) is -0.134. The van der Waals surface area contributed by atoms with Crippen molar-refractivity contribution < 1.29 is 9.64 Å². The third kappa shape index (κ3) is 2.54. The van der Waals surface area contributed by atoms with Crippen LogP contribution in [0.1, 0.15) is 5.56 Å². The number of morpholine rings is 1. The molecule has 0 aromatic carbocycles. The zero-order valence-electron chi connectivity index (χ0n) is 8.34. The molecule has 0 radical (unpaired) electrons. The highest BCUT2D eigenvalue weighted by Crippen LogP contribution is 1.82. The van der Waals surface area contributed by atoms with Gasteiger partial charge in [-0.3, -0.25) is 9.78 Å². The maximum atomic E-state index is 11.4. The number of aromatic nitrogens is 2. The monoisotopic (exact) mass is 212 g/mol. The molecule has 1 aromatic heterocycles. The maximum absolute atomic E-state index is 11.4. The van der Waals surface area contributed by atoms with Gasteiger partial charge in [0.1, 0.15) is 19.6 Å². The summed E-state index contributed by atoms with van der Waals surface area (Å²) >= 11 is 0. The minimum absolute atomic E-state index is 0.294. The molecule has 0 amide bonds. The number of ether oxygens (including phenoxy) is 1. The highest BCUT2D eigenvalue weighted by molar-refractivity contribution is 5.00. The van der Waals surface area contributed by atoms with E-state index in [2.05, 4.69) is 9.97 Å². The van der Waals surface area contributed by atoms with Gasteiger partial charge in [-0.05, 0) is 0 Å². The number of aromatic amines is 2. The lowest BCUT2D eigenvalue weighted by atomic mass is 10.3. The van der Waals surface area contributed by atoms with E-state index in [9.17, 15) is 9.59 Å². The predicted octanol–water partition coefficient (Wildman–Crippen LogP) is -2.52. The molecule has 0 atom stereocenters. The molecule has 15 heavy (non-hydrogen) atoms. The third-order valence-electron chi connectivity index (χ3n) is 2.54. The Morgan fingerprint density at radius 2 is 2.07 bits per heavy atom.